The van der Waals surface area contributed by atoms with Crippen molar-refractivity contribution < 1.29 is 13.9 Å². The molecule has 2 fully saturated rings. The van der Waals surface area contributed by atoms with Gasteiger partial charge in [-0.05, 0) is 68.8 Å². The summed E-state index contributed by atoms with van der Waals surface area (Å²) in [6.45, 7) is 4.23. The van der Waals surface area contributed by atoms with Crippen molar-refractivity contribution in [3.63, 3.8) is 0 Å². The molecule has 7 rings (SSSR count). The van der Waals surface area contributed by atoms with Crippen LogP contribution in [0.5, 0.6) is 5.88 Å². The molecule has 222 valence electrons. The van der Waals surface area contributed by atoms with E-state index in [0.29, 0.717) is 22.4 Å². The number of aromatic nitrogens is 5. The van der Waals surface area contributed by atoms with Crippen LogP contribution in [0.25, 0.3) is 16.7 Å². The maximum atomic E-state index is 14.2. The predicted molar refractivity (Wildman–Crippen MR) is 161 cm³/mol. The summed E-state index contributed by atoms with van der Waals surface area (Å²) < 4.78 is 29.6. The number of aromatic amines is 1. The lowest BCUT2D eigenvalue weighted by Gasteiger charge is -2.32. The smallest absolute Gasteiger partial charge is 0.330 e. The molecule has 2 aliphatic rings. The number of fused-ring (bicyclic) bond motifs is 1. The Bertz CT molecular complexity index is 1800. The van der Waals surface area contributed by atoms with Gasteiger partial charge in [-0.25, -0.2) is 19.2 Å². The summed E-state index contributed by atoms with van der Waals surface area (Å²) in [6, 6.07) is 16.4. The van der Waals surface area contributed by atoms with Gasteiger partial charge in [0, 0.05) is 47.3 Å². The van der Waals surface area contributed by atoms with Crippen LogP contribution >= 0.6 is 11.6 Å². The molecule has 43 heavy (non-hydrogen) atoms. The third-order valence-electron chi connectivity index (χ3n) is 8.42. The van der Waals surface area contributed by atoms with Crippen molar-refractivity contribution in [3.05, 3.63) is 105 Å². The average molecular weight is 603 g/mol. The van der Waals surface area contributed by atoms with Gasteiger partial charge in [0.2, 0.25) is 5.88 Å². The quantitative estimate of drug-likeness (QED) is 0.241. The van der Waals surface area contributed by atoms with Crippen LogP contribution < -0.4 is 10.4 Å². The average Bonchev–Trinajstić information content (AvgIpc) is 3.57. The molecule has 9 nitrogen and oxygen atoms in total. The second-order valence-electron chi connectivity index (χ2n) is 11.2. The van der Waals surface area contributed by atoms with Gasteiger partial charge in [-0.15, -0.1) is 0 Å². The number of likely N-dealkylation sites (tertiary alicyclic amines) is 1. The van der Waals surface area contributed by atoms with Gasteiger partial charge in [-0.2, -0.15) is 0 Å². The summed E-state index contributed by atoms with van der Waals surface area (Å²) in [6.07, 6.45) is 6.54. The minimum absolute atomic E-state index is 0.0915. The van der Waals surface area contributed by atoms with Crippen molar-refractivity contribution in [3.8, 4) is 11.6 Å². The molecule has 11 heteroatoms. The molecule has 2 aliphatic heterocycles. The van der Waals surface area contributed by atoms with Crippen molar-refractivity contribution >= 4 is 22.6 Å². The number of rotatable bonds is 9. The van der Waals surface area contributed by atoms with E-state index in [1.54, 1.807) is 35.2 Å². The van der Waals surface area contributed by atoms with Gasteiger partial charge in [0.25, 0.3) is 0 Å². The van der Waals surface area contributed by atoms with E-state index >= 15 is 0 Å². The van der Waals surface area contributed by atoms with E-state index in [1.807, 2.05) is 30.3 Å². The molecule has 1 atom stereocenters. The van der Waals surface area contributed by atoms with E-state index in [0.717, 1.165) is 80.3 Å². The highest BCUT2D eigenvalue weighted by atomic mass is 35.5. The standard InChI is InChI=1S/C32H32ClFN6O3/c33-23-5-4-22(26(34)16-23)20-43-31-3-1-2-27(37-31)21-8-12-38(13-9-21)19-30-36-28-17-24(39-14-11-35-32(39)41)6-7-29(28)40(30)18-25-10-15-42-25/h1-7,11,14,16-17,21,25H,8-10,12-13,15,18-20H2,(H,35,41)/t25-/m0/s1. The first-order valence-corrected chi connectivity index (χ1v) is 15.0. The summed E-state index contributed by atoms with van der Waals surface area (Å²) >= 11 is 5.86. The number of hydrogen-bond acceptors (Lipinski definition) is 6. The molecule has 2 saturated heterocycles. The van der Waals surface area contributed by atoms with Crippen LogP contribution in [0.3, 0.4) is 0 Å². The van der Waals surface area contributed by atoms with Crippen molar-refractivity contribution in [2.45, 2.75) is 51.0 Å². The van der Waals surface area contributed by atoms with Crippen LogP contribution in [0, 0.1) is 5.82 Å². The van der Waals surface area contributed by atoms with Gasteiger partial charge in [0.15, 0.2) is 0 Å². The topological polar surface area (TPSA) is 90.2 Å². The first-order valence-electron chi connectivity index (χ1n) is 14.6. The SMILES string of the molecule is O=c1[nH]ccn1-c1ccc2c(c1)nc(CN1CCC(c3cccc(OCc4ccc(Cl)cc4F)n3)CC1)n2C[C@@H]1CCO1. The van der Waals surface area contributed by atoms with Crippen LogP contribution in [0.1, 0.15) is 42.3 Å². The minimum atomic E-state index is -0.388. The number of benzene rings is 2. The number of ether oxygens (including phenoxy) is 2. The highest BCUT2D eigenvalue weighted by molar-refractivity contribution is 6.30. The molecule has 0 spiro atoms. The lowest BCUT2D eigenvalue weighted by atomic mass is 9.93. The molecular weight excluding hydrogens is 571 g/mol. The van der Waals surface area contributed by atoms with Crippen LogP contribution in [-0.4, -0.2) is 54.8 Å². The Balaban J connectivity index is 1.03. The zero-order valence-electron chi connectivity index (χ0n) is 23.6. The number of nitrogens with zero attached hydrogens (tertiary/aromatic N) is 5. The number of imidazole rings is 2. The van der Waals surface area contributed by atoms with Gasteiger partial charge < -0.3 is 19.0 Å². The van der Waals surface area contributed by atoms with E-state index in [4.69, 9.17) is 31.0 Å². The molecule has 5 aromatic rings. The number of H-pyrrole nitrogens is 1. The highest BCUT2D eigenvalue weighted by Crippen LogP contribution is 2.30. The largest absolute Gasteiger partial charge is 0.473 e. The molecule has 0 unspecified atom stereocenters. The molecule has 2 aromatic carbocycles. The third-order valence-corrected chi connectivity index (χ3v) is 8.66. The van der Waals surface area contributed by atoms with Crippen molar-refractivity contribution in [1.82, 2.24) is 29.0 Å². The molecule has 0 aliphatic carbocycles. The Morgan fingerprint density at radius 1 is 1.07 bits per heavy atom. The molecule has 5 heterocycles. The fourth-order valence-corrected chi connectivity index (χ4v) is 6.07. The van der Waals surface area contributed by atoms with E-state index in [9.17, 15) is 9.18 Å². The highest BCUT2D eigenvalue weighted by Gasteiger charge is 2.26. The Morgan fingerprint density at radius 3 is 2.67 bits per heavy atom. The summed E-state index contributed by atoms with van der Waals surface area (Å²) in [4.78, 5) is 27.1. The van der Waals surface area contributed by atoms with Crippen LogP contribution in [0.4, 0.5) is 4.39 Å². The Kier molecular flexibility index (Phi) is 7.73. The Morgan fingerprint density at radius 2 is 1.93 bits per heavy atom. The summed E-state index contributed by atoms with van der Waals surface area (Å²) in [7, 11) is 0. The Hall–Kier alpha value is -3.99. The van der Waals surface area contributed by atoms with Gasteiger partial charge in [0.1, 0.15) is 18.2 Å². The maximum Gasteiger partial charge on any atom is 0.330 e. The molecule has 0 bridgehead atoms. The van der Waals surface area contributed by atoms with E-state index in [1.165, 1.54) is 6.07 Å². The second-order valence-corrected chi connectivity index (χ2v) is 11.6. The molecule has 1 N–H and O–H groups in total. The molecule has 0 saturated carbocycles. The molecule has 0 radical (unpaired) electrons. The van der Waals surface area contributed by atoms with Crippen LogP contribution in [0.15, 0.2) is 71.8 Å². The van der Waals surface area contributed by atoms with Gasteiger partial charge in [-0.1, -0.05) is 23.7 Å². The summed E-state index contributed by atoms with van der Waals surface area (Å²) in [5, 5.41) is 0.358. The normalized spacial score (nSPS) is 17.8. The van der Waals surface area contributed by atoms with E-state index < -0.39 is 0 Å². The first kappa shape index (κ1) is 27.8. The van der Waals surface area contributed by atoms with E-state index in [-0.39, 0.29) is 24.2 Å². The monoisotopic (exact) mass is 602 g/mol. The number of pyridine rings is 1. The first-order chi connectivity index (χ1) is 21.0. The van der Waals surface area contributed by atoms with Gasteiger partial charge in [-0.3, -0.25) is 9.47 Å². The van der Waals surface area contributed by atoms with Gasteiger partial charge >= 0.3 is 5.69 Å². The van der Waals surface area contributed by atoms with Crippen molar-refractivity contribution in [1.29, 1.82) is 0 Å². The minimum Gasteiger partial charge on any atom is -0.473 e. The predicted octanol–water partition coefficient (Wildman–Crippen LogP) is 5.45. The second kappa shape index (κ2) is 11.9. The lowest BCUT2D eigenvalue weighted by Crippen LogP contribution is -2.35. The van der Waals surface area contributed by atoms with Gasteiger partial charge in [0.05, 0.1) is 35.9 Å². The maximum absolute atomic E-state index is 14.2. The number of piperidine rings is 1. The van der Waals surface area contributed by atoms with E-state index in [2.05, 4.69) is 14.5 Å². The van der Waals surface area contributed by atoms with Crippen LogP contribution in [-0.2, 0) is 24.4 Å². The third kappa shape index (κ3) is 5.95. The lowest BCUT2D eigenvalue weighted by molar-refractivity contribution is -0.0592. The zero-order chi connectivity index (χ0) is 29.3. The van der Waals surface area contributed by atoms with Crippen molar-refractivity contribution in [2.75, 3.05) is 19.7 Å². The number of nitrogens with one attached hydrogen (secondary N) is 1. The van der Waals surface area contributed by atoms with Crippen LogP contribution in [0.2, 0.25) is 5.02 Å². The molecule has 3 aromatic heterocycles. The zero-order valence-corrected chi connectivity index (χ0v) is 24.3. The molecular formula is C32H32ClFN6O3. The number of halogens is 2. The summed E-state index contributed by atoms with van der Waals surface area (Å²) in [5.41, 5.74) is 3.96. The summed E-state index contributed by atoms with van der Waals surface area (Å²) in [5.74, 6) is 1.42. The number of hydrogen-bond donors (Lipinski definition) is 1. The molecule has 0 amide bonds. The fourth-order valence-electron chi connectivity index (χ4n) is 5.91. The Labute approximate surface area is 252 Å². The van der Waals surface area contributed by atoms with Crippen molar-refractivity contribution in [2.24, 2.45) is 0 Å². The fraction of sp³-hybridized carbons (Fsp3) is 0.344.